The maximum absolute atomic E-state index is 10.7. The van der Waals surface area contributed by atoms with E-state index in [1.807, 2.05) is 0 Å². The lowest BCUT2D eigenvalue weighted by Crippen LogP contribution is -2.35. The van der Waals surface area contributed by atoms with Crippen LogP contribution in [0.4, 0.5) is 0 Å². The highest BCUT2D eigenvalue weighted by molar-refractivity contribution is 7.68. The number of hydrogen-bond donors (Lipinski definition) is 5. The van der Waals surface area contributed by atoms with Crippen molar-refractivity contribution in [2.24, 2.45) is 0 Å². The van der Waals surface area contributed by atoms with Gasteiger partial charge in [0.05, 0.1) is 5.40 Å². The fraction of sp³-hybridized carbons (Fsp3) is 1.00. The van der Waals surface area contributed by atoms with E-state index in [1.165, 1.54) is 0 Å². The van der Waals surface area contributed by atoms with E-state index in [9.17, 15) is 23.8 Å². The van der Waals surface area contributed by atoms with Crippen molar-refractivity contribution in [3.05, 3.63) is 0 Å². The summed E-state index contributed by atoms with van der Waals surface area (Å²) in [6.45, 7) is 0.661. The Morgan fingerprint density at radius 1 is 1.22 bits per heavy atom. The van der Waals surface area contributed by atoms with Crippen molar-refractivity contribution in [3.63, 3.8) is 0 Å². The zero-order valence-electron chi connectivity index (χ0n) is 10.9. The van der Waals surface area contributed by atoms with Crippen LogP contribution in [0.15, 0.2) is 0 Å². The van der Waals surface area contributed by atoms with Gasteiger partial charge in [-0.2, -0.15) is 0 Å². The maximum Gasteiger partial charge on any atom is 0.140 e. The monoisotopic (exact) mass is 310 g/mol. The Kier molecular flexibility index (Phi) is 10.8. The third-order valence-corrected chi connectivity index (χ3v) is 6.03. The van der Waals surface area contributed by atoms with Gasteiger partial charge in [0.1, 0.15) is 7.60 Å². The molecule has 0 aromatic carbocycles. The fourth-order valence-corrected chi connectivity index (χ4v) is 4.12. The molecule has 1 heterocycles. The summed E-state index contributed by atoms with van der Waals surface area (Å²) < 4.78 is 21.4. The summed E-state index contributed by atoms with van der Waals surface area (Å²) in [6, 6.07) is -0.333. The summed E-state index contributed by atoms with van der Waals surface area (Å²) >= 11 is 0. The first-order valence-electron chi connectivity index (χ1n) is 4.50. The minimum absolute atomic E-state index is 0. The first kappa shape index (κ1) is 23.2. The van der Waals surface area contributed by atoms with Gasteiger partial charge in [-0.25, -0.2) is 0 Å². The molecule has 18 heavy (non-hydrogen) atoms. The van der Waals surface area contributed by atoms with Crippen molar-refractivity contribution >= 4 is 15.2 Å². The normalized spacial score (nSPS) is 23.9. The van der Waals surface area contributed by atoms with Gasteiger partial charge in [-0.05, 0) is 25.8 Å². The minimum atomic E-state index is -5.32. The van der Waals surface area contributed by atoms with Crippen molar-refractivity contribution in [2.75, 3.05) is 6.54 Å². The predicted molar refractivity (Wildman–Crippen MR) is 64.8 cm³/mol. The van der Waals surface area contributed by atoms with E-state index in [0.717, 1.165) is 6.42 Å². The molecule has 0 bridgehead atoms. The van der Waals surface area contributed by atoms with E-state index in [2.05, 4.69) is 5.32 Å². The third-order valence-electron chi connectivity index (χ3n) is 2.40. The van der Waals surface area contributed by atoms with Crippen LogP contribution >= 0.6 is 15.2 Å². The summed E-state index contributed by atoms with van der Waals surface area (Å²) in [5.74, 6) is 0. The van der Waals surface area contributed by atoms with Crippen LogP contribution in [0.5, 0.6) is 0 Å². The highest BCUT2D eigenvalue weighted by atomic mass is 31.2. The largest absolute Gasteiger partial charge is 0.810 e. The average Bonchev–Trinajstić information content (AvgIpc) is 2.46. The first-order chi connectivity index (χ1) is 6.71. The van der Waals surface area contributed by atoms with Gasteiger partial charge in [-0.15, -0.1) is 0 Å². The SMILES string of the molecule is O=P([O-])([O-])C(CC1CCCN1)P(=O)([O-])O.[NH4+].[NH4+].[NH4+]. The highest BCUT2D eigenvalue weighted by Crippen LogP contribution is 2.55. The van der Waals surface area contributed by atoms with Crippen LogP contribution < -0.4 is 38.4 Å². The van der Waals surface area contributed by atoms with Crippen LogP contribution in [-0.4, -0.2) is 22.9 Å². The predicted octanol–water partition coefficient (Wildman–Crippen LogP) is -0.957. The van der Waals surface area contributed by atoms with Crippen molar-refractivity contribution in [1.29, 1.82) is 0 Å². The zero-order valence-corrected chi connectivity index (χ0v) is 12.7. The number of hydrogen-bond acceptors (Lipinski definition) is 6. The summed E-state index contributed by atoms with van der Waals surface area (Å²) in [6.07, 6.45) is 1.03. The van der Waals surface area contributed by atoms with Crippen LogP contribution in [0.25, 0.3) is 0 Å². The van der Waals surface area contributed by atoms with E-state index >= 15 is 0 Å². The molecular weight excluding hydrogens is 286 g/mol. The standard InChI is InChI=1S/C6H15NO6P2.3H3N/c8-14(9,10)6(15(11,12)13)4-5-2-1-3-7-5;;;/h5-7H,1-4H2,(H2,8,9,10)(H2,11,12,13);3*1H3. The molecule has 10 nitrogen and oxygen atoms in total. The summed E-state index contributed by atoms with van der Waals surface area (Å²) in [5.41, 5.74) is 0. The molecule has 0 radical (unpaired) electrons. The molecule has 0 aromatic heterocycles. The topological polar surface area (TPSA) is 245 Å². The summed E-state index contributed by atoms with van der Waals surface area (Å²) in [4.78, 5) is 40.8. The average molecular weight is 310 g/mol. The lowest BCUT2D eigenvalue weighted by molar-refractivity contribution is -0.316. The van der Waals surface area contributed by atoms with Gasteiger partial charge in [-0.3, -0.25) is 0 Å². The van der Waals surface area contributed by atoms with Crippen LogP contribution in [0.2, 0.25) is 0 Å². The molecule has 1 aliphatic heterocycles. The molecule has 3 unspecified atom stereocenters. The smallest absolute Gasteiger partial charge is 0.140 e. The molecule has 114 valence electrons. The lowest BCUT2D eigenvalue weighted by atomic mass is 10.2. The van der Waals surface area contributed by atoms with Gasteiger partial charge >= 0.3 is 0 Å². The fourth-order valence-electron chi connectivity index (χ4n) is 1.65. The molecule has 14 N–H and O–H groups in total. The molecule has 0 spiro atoms. The molecule has 0 saturated carbocycles. The Morgan fingerprint density at radius 2 is 1.72 bits per heavy atom. The molecule has 0 aliphatic carbocycles. The number of quaternary nitrogens is 3. The van der Waals surface area contributed by atoms with E-state index < -0.39 is 20.6 Å². The van der Waals surface area contributed by atoms with Crippen LogP contribution in [0.3, 0.4) is 0 Å². The highest BCUT2D eigenvalue weighted by Gasteiger charge is 2.28. The Morgan fingerprint density at radius 3 is 2.00 bits per heavy atom. The van der Waals surface area contributed by atoms with E-state index in [0.29, 0.717) is 13.0 Å². The Hall–Kier alpha value is 0.140. The van der Waals surface area contributed by atoms with E-state index in [-0.39, 0.29) is 30.9 Å². The van der Waals surface area contributed by atoms with Gasteiger partial charge in [0.25, 0.3) is 0 Å². The van der Waals surface area contributed by atoms with Gasteiger partial charge in [0.2, 0.25) is 0 Å². The second kappa shape index (κ2) is 8.34. The van der Waals surface area contributed by atoms with E-state index in [1.54, 1.807) is 0 Å². The molecule has 1 rings (SSSR count). The maximum atomic E-state index is 10.7. The third kappa shape index (κ3) is 6.91. The number of rotatable bonds is 4. The second-order valence-electron chi connectivity index (χ2n) is 3.61. The Labute approximate surface area is 106 Å². The summed E-state index contributed by atoms with van der Waals surface area (Å²) in [7, 11) is -10.4. The molecule has 12 heteroatoms. The van der Waals surface area contributed by atoms with Gasteiger partial charge in [0.15, 0.2) is 0 Å². The second-order valence-corrected chi connectivity index (χ2v) is 7.48. The first-order valence-corrected chi connectivity index (χ1v) is 7.75. The Bertz CT molecular complexity index is 289. The van der Waals surface area contributed by atoms with Crippen molar-refractivity contribution in [2.45, 2.75) is 30.7 Å². The van der Waals surface area contributed by atoms with Gasteiger partial charge in [0, 0.05) is 6.04 Å². The van der Waals surface area contributed by atoms with Gasteiger partial charge in [-0.1, -0.05) is 7.60 Å². The molecular formula is C6H24N4O6P2. The number of nitrogens with one attached hydrogen (secondary N) is 1. The minimum Gasteiger partial charge on any atom is -0.810 e. The molecule has 3 atom stereocenters. The van der Waals surface area contributed by atoms with Crippen LogP contribution in [-0.2, 0) is 9.13 Å². The van der Waals surface area contributed by atoms with Crippen molar-refractivity contribution in [3.8, 4) is 0 Å². The molecule has 0 amide bonds. The molecule has 1 aliphatic rings. The Balaban J connectivity index is -0.000000750. The quantitative estimate of drug-likeness (QED) is 0.406. The van der Waals surface area contributed by atoms with Crippen molar-refractivity contribution in [1.82, 2.24) is 23.8 Å². The lowest BCUT2D eigenvalue weighted by Gasteiger charge is -2.43. The van der Waals surface area contributed by atoms with E-state index in [4.69, 9.17) is 4.89 Å². The van der Waals surface area contributed by atoms with Gasteiger partial charge < -0.3 is 52.5 Å². The molecule has 1 fully saturated rings. The summed E-state index contributed by atoms with van der Waals surface area (Å²) in [5, 5.41) is 0.653. The molecule has 0 aromatic rings. The van der Waals surface area contributed by atoms with Crippen LogP contribution in [0.1, 0.15) is 19.3 Å². The molecule has 1 saturated heterocycles. The zero-order chi connectivity index (χ0) is 11.7. The van der Waals surface area contributed by atoms with Crippen LogP contribution in [0, 0.1) is 0 Å². The van der Waals surface area contributed by atoms with Crippen molar-refractivity contribution < 1.29 is 28.7 Å².